The maximum absolute atomic E-state index is 11.0. The van der Waals surface area contributed by atoms with E-state index >= 15 is 0 Å². The molecule has 0 aliphatic carbocycles. The van der Waals surface area contributed by atoms with Gasteiger partial charge in [0.15, 0.2) is 0 Å². The Balaban J connectivity index is 2.57. The van der Waals surface area contributed by atoms with Crippen molar-refractivity contribution in [2.24, 2.45) is 0 Å². The van der Waals surface area contributed by atoms with Crippen molar-refractivity contribution in [3.8, 4) is 0 Å². The summed E-state index contributed by atoms with van der Waals surface area (Å²) in [7, 11) is -2.90. The van der Waals surface area contributed by atoms with E-state index in [0.29, 0.717) is 12.8 Å². The first-order valence-corrected chi connectivity index (χ1v) is 7.83. The minimum absolute atomic E-state index is 0.0392. The molecule has 1 unspecified atom stereocenters. The highest BCUT2D eigenvalue weighted by Crippen LogP contribution is 2.21. The molecule has 0 amide bonds. The summed E-state index contributed by atoms with van der Waals surface area (Å²) in [6.07, 6.45) is 2.54. The Labute approximate surface area is 103 Å². The Bertz CT molecular complexity index is 434. The molecule has 96 valence electrons. The maximum atomic E-state index is 11.0. The summed E-state index contributed by atoms with van der Waals surface area (Å²) < 4.78 is 22.0. The highest BCUT2D eigenvalue weighted by Gasteiger charge is 2.11. The molecule has 1 N–H and O–H groups in total. The van der Waals surface area contributed by atoms with Crippen LogP contribution in [-0.4, -0.2) is 32.1 Å². The van der Waals surface area contributed by atoms with Crippen molar-refractivity contribution in [2.45, 2.75) is 25.7 Å². The van der Waals surface area contributed by atoms with Gasteiger partial charge in [-0.05, 0) is 25.3 Å². The van der Waals surface area contributed by atoms with E-state index in [1.165, 1.54) is 11.8 Å². The average molecular weight is 256 g/mol. The summed E-state index contributed by atoms with van der Waals surface area (Å²) in [4.78, 5) is 0. The van der Waals surface area contributed by atoms with Crippen LogP contribution in [0.4, 0.5) is 0 Å². The summed E-state index contributed by atoms with van der Waals surface area (Å²) in [5, 5.41) is 9.33. The van der Waals surface area contributed by atoms with Gasteiger partial charge in [0.1, 0.15) is 9.84 Å². The zero-order valence-electron chi connectivity index (χ0n) is 10.4. The third-order valence-corrected chi connectivity index (χ3v) is 3.87. The fraction of sp³-hybridized carbons (Fsp3) is 0.538. The molecular formula is C13H20O3S. The van der Waals surface area contributed by atoms with Gasteiger partial charge in [0.25, 0.3) is 0 Å². The largest absolute Gasteiger partial charge is 0.396 e. The Morgan fingerprint density at radius 3 is 2.29 bits per heavy atom. The van der Waals surface area contributed by atoms with Crippen LogP contribution in [0.25, 0.3) is 0 Å². The Kier molecular flexibility index (Phi) is 5.15. The summed E-state index contributed by atoms with van der Waals surface area (Å²) >= 11 is 0. The normalized spacial score (nSPS) is 13.6. The van der Waals surface area contributed by atoms with Crippen LogP contribution in [0.15, 0.2) is 24.3 Å². The minimum Gasteiger partial charge on any atom is -0.396 e. The number of aryl methyl sites for hydroxylation is 1. The predicted molar refractivity (Wildman–Crippen MR) is 70.0 cm³/mol. The fourth-order valence-electron chi connectivity index (χ4n) is 1.79. The molecule has 17 heavy (non-hydrogen) atoms. The number of benzene rings is 1. The van der Waals surface area contributed by atoms with Gasteiger partial charge in [-0.25, -0.2) is 8.42 Å². The van der Waals surface area contributed by atoms with Crippen LogP contribution in [0.1, 0.15) is 29.9 Å². The lowest BCUT2D eigenvalue weighted by Gasteiger charge is -2.14. The van der Waals surface area contributed by atoms with Crippen molar-refractivity contribution in [2.75, 3.05) is 18.6 Å². The highest BCUT2D eigenvalue weighted by atomic mass is 32.2. The third kappa shape index (κ3) is 5.33. The average Bonchev–Trinajstić information content (AvgIpc) is 2.24. The van der Waals surface area contributed by atoms with Crippen LogP contribution in [0.3, 0.4) is 0 Å². The van der Waals surface area contributed by atoms with Crippen LogP contribution in [0, 0.1) is 6.92 Å². The van der Waals surface area contributed by atoms with Crippen molar-refractivity contribution >= 4 is 9.84 Å². The van der Waals surface area contributed by atoms with E-state index in [2.05, 4.69) is 0 Å². The molecule has 4 heteroatoms. The number of aliphatic hydroxyl groups excluding tert-OH is 1. The lowest BCUT2D eigenvalue weighted by molar-refractivity contribution is 0.258. The molecular weight excluding hydrogens is 236 g/mol. The summed E-state index contributed by atoms with van der Waals surface area (Å²) in [5.41, 5.74) is 2.26. The van der Waals surface area contributed by atoms with E-state index in [4.69, 9.17) is 0 Å². The third-order valence-electron chi connectivity index (χ3n) is 2.84. The van der Waals surface area contributed by atoms with Crippen molar-refractivity contribution in [1.29, 1.82) is 0 Å². The first-order valence-electron chi connectivity index (χ1n) is 5.77. The Morgan fingerprint density at radius 1 is 1.24 bits per heavy atom. The van der Waals surface area contributed by atoms with Crippen LogP contribution in [-0.2, 0) is 9.84 Å². The molecule has 0 fully saturated rings. The van der Waals surface area contributed by atoms with Crippen LogP contribution in [0.5, 0.6) is 0 Å². The lowest BCUT2D eigenvalue weighted by atomic mass is 9.95. The zero-order chi connectivity index (χ0) is 12.9. The van der Waals surface area contributed by atoms with Crippen molar-refractivity contribution in [1.82, 2.24) is 0 Å². The second-order valence-electron chi connectivity index (χ2n) is 4.56. The maximum Gasteiger partial charge on any atom is 0.147 e. The highest BCUT2D eigenvalue weighted by molar-refractivity contribution is 7.90. The van der Waals surface area contributed by atoms with Gasteiger partial charge in [0.2, 0.25) is 0 Å². The molecule has 0 radical (unpaired) electrons. The monoisotopic (exact) mass is 256 g/mol. The van der Waals surface area contributed by atoms with Gasteiger partial charge >= 0.3 is 0 Å². The van der Waals surface area contributed by atoms with E-state index in [1.807, 2.05) is 31.2 Å². The Morgan fingerprint density at radius 2 is 1.82 bits per heavy atom. The standard InChI is InChI=1S/C13H20O3S/c1-11-5-7-12(8-6-11)13(10-14)4-3-9-17(2,15)16/h5-8,13-14H,3-4,9-10H2,1-2H3. The smallest absolute Gasteiger partial charge is 0.147 e. The predicted octanol–water partition coefficient (Wildman–Crippen LogP) is 1.90. The second-order valence-corrected chi connectivity index (χ2v) is 6.82. The van der Waals surface area contributed by atoms with Gasteiger partial charge in [-0.2, -0.15) is 0 Å². The van der Waals surface area contributed by atoms with Gasteiger partial charge in [0.05, 0.1) is 0 Å². The fourth-order valence-corrected chi connectivity index (χ4v) is 2.48. The van der Waals surface area contributed by atoms with Gasteiger partial charge in [-0.15, -0.1) is 0 Å². The molecule has 3 nitrogen and oxygen atoms in total. The molecule has 1 rings (SSSR count). The molecule has 0 aromatic heterocycles. The Hall–Kier alpha value is -0.870. The van der Waals surface area contributed by atoms with Gasteiger partial charge < -0.3 is 5.11 Å². The molecule has 0 aliphatic rings. The summed E-state index contributed by atoms with van der Waals surface area (Å²) in [6, 6.07) is 8.01. The van der Waals surface area contributed by atoms with Crippen LogP contribution >= 0.6 is 0 Å². The quantitative estimate of drug-likeness (QED) is 0.845. The zero-order valence-corrected chi connectivity index (χ0v) is 11.2. The number of sulfone groups is 1. The SMILES string of the molecule is Cc1ccc(C(CO)CCCS(C)(=O)=O)cc1. The van der Waals surface area contributed by atoms with E-state index in [0.717, 1.165) is 5.56 Å². The van der Waals surface area contributed by atoms with E-state index in [1.54, 1.807) is 0 Å². The molecule has 0 heterocycles. The van der Waals surface area contributed by atoms with Crippen LogP contribution < -0.4 is 0 Å². The molecule has 0 bridgehead atoms. The van der Waals surface area contributed by atoms with Crippen molar-refractivity contribution in [3.05, 3.63) is 35.4 Å². The summed E-state index contributed by atoms with van der Waals surface area (Å²) in [6.45, 7) is 2.08. The molecule has 1 aromatic carbocycles. The molecule has 1 atom stereocenters. The first kappa shape index (κ1) is 14.2. The first-order chi connectivity index (χ1) is 7.92. The van der Waals surface area contributed by atoms with Gasteiger partial charge in [0, 0.05) is 24.5 Å². The van der Waals surface area contributed by atoms with E-state index in [9.17, 15) is 13.5 Å². The molecule has 0 spiro atoms. The van der Waals surface area contributed by atoms with Crippen LogP contribution in [0.2, 0.25) is 0 Å². The second kappa shape index (κ2) is 6.17. The van der Waals surface area contributed by atoms with E-state index in [-0.39, 0.29) is 18.3 Å². The molecule has 1 aromatic rings. The summed E-state index contributed by atoms with van der Waals surface area (Å²) in [5.74, 6) is 0.229. The van der Waals surface area contributed by atoms with Gasteiger partial charge in [-0.1, -0.05) is 29.8 Å². The number of aliphatic hydroxyl groups is 1. The number of hydrogen-bond donors (Lipinski definition) is 1. The minimum atomic E-state index is -2.90. The lowest BCUT2D eigenvalue weighted by Crippen LogP contribution is -2.08. The van der Waals surface area contributed by atoms with E-state index < -0.39 is 9.84 Å². The molecule has 0 saturated carbocycles. The van der Waals surface area contributed by atoms with Crippen molar-refractivity contribution in [3.63, 3.8) is 0 Å². The van der Waals surface area contributed by atoms with Crippen molar-refractivity contribution < 1.29 is 13.5 Å². The number of rotatable bonds is 6. The molecule has 0 saturated heterocycles. The number of hydrogen-bond acceptors (Lipinski definition) is 3. The molecule has 0 aliphatic heterocycles. The van der Waals surface area contributed by atoms with Gasteiger partial charge in [-0.3, -0.25) is 0 Å². The topological polar surface area (TPSA) is 54.4 Å².